The summed E-state index contributed by atoms with van der Waals surface area (Å²) in [6, 6.07) is 19.6. The molecule has 1 unspecified atom stereocenters. The van der Waals surface area contributed by atoms with Crippen molar-refractivity contribution < 1.29 is 14.3 Å². The second kappa shape index (κ2) is 12.1. The number of ether oxygens (including phenoxy) is 2. The van der Waals surface area contributed by atoms with E-state index in [1.807, 2.05) is 17.0 Å². The molecule has 0 spiro atoms. The van der Waals surface area contributed by atoms with Crippen molar-refractivity contribution >= 4 is 40.0 Å². The smallest absolute Gasteiger partial charge is 0.254 e. The number of nitrogens with zero attached hydrogens (tertiary/aromatic N) is 2. The van der Waals surface area contributed by atoms with E-state index in [4.69, 9.17) is 32.7 Å². The second-order valence-electron chi connectivity index (χ2n) is 10.7. The number of fused-ring (bicyclic) bond motifs is 1. The molecule has 1 amide bonds. The summed E-state index contributed by atoms with van der Waals surface area (Å²) in [6.45, 7) is 3.07. The van der Waals surface area contributed by atoms with Crippen molar-refractivity contribution in [2.45, 2.75) is 24.7 Å². The van der Waals surface area contributed by atoms with E-state index in [1.165, 1.54) is 16.5 Å². The number of likely N-dealkylation sites (tertiary alicyclic amines) is 1. The van der Waals surface area contributed by atoms with E-state index in [9.17, 15) is 4.79 Å². The summed E-state index contributed by atoms with van der Waals surface area (Å²) >= 11 is 12.8. The molecule has 1 atom stereocenters. The average Bonchev–Trinajstić information content (AvgIpc) is 3.61. The van der Waals surface area contributed by atoms with Crippen LogP contribution in [0.2, 0.25) is 10.0 Å². The highest BCUT2D eigenvalue weighted by atomic mass is 35.5. The molecule has 0 aliphatic carbocycles. The Hall–Kier alpha value is -3.19. The maximum Gasteiger partial charge on any atom is 0.254 e. The largest absolute Gasteiger partial charge is 0.497 e. The lowest BCUT2D eigenvalue weighted by Crippen LogP contribution is -2.37. The molecule has 6 nitrogen and oxygen atoms in total. The summed E-state index contributed by atoms with van der Waals surface area (Å²) in [5.41, 5.74) is 3.93. The number of halogens is 2. The van der Waals surface area contributed by atoms with Gasteiger partial charge in [0.2, 0.25) is 0 Å². The van der Waals surface area contributed by atoms with Crippen molar-refractivity contribution in [2.24, 2.45) is 0 Å². The summed E-state index contributed by atoms with van der Waals surface area (Å²) < 4.78 is 10.8. The normalized spacial score (nSPS) is 17.1. The highest BCUT2D eigenvalue weighted by Gasteiger charge is 2.41. The molecular formula is C32H35Cl2N3O3. The van der Waals surface area contributed by atoms with Crippen LogP contribution >= 0.6 is 23.2 Å². The molecule has 210 valence electrons. The zero-order valence-electron chi connectivity index (χ0n) is 23.2. The number of hydrogen-bond donors (Lipinski definition) is 1. The van der Waals surface area contributed by atoms with Gasteiger partial charge in [-0.1, -0.05) is 47.5 Å². The molecule has 0 bridgehead atoms. The maximum absolute atomic E-state index is 13.7. The van der Waals surface area contributed by atoms with E-state index in [-0.39, 0.29) is 11.3 Å². The van der Waals surface area contributed by atoms with Crippen LogP contribution in [0.4, 0.5) is 0 Å². The first-order valence-electron chi connectivity index (χ1n) is 13.5. The van der Waals surface area contributed by atoms with Gasteiger partial charge in [-0.2, -0.15) is 0 Å². The lowest BCUT2D eigenvalue weighted by molar-refractivity contribution is 0.0780. The molecule has 1 aliphatic heterocycles. The Labute approximate surface area is 245 Å². The van der Waals surface area contributed by atoms with Crippen molar-refractivity contribution in [3.8, 4) is 11.5 Å². The fourth-order valence-corrected chi connectivity index (χ4v) is 6.03. The standard InChI is InChI=1S/C32H35Cl2N3O3/c1-36(13-10-22-20-35-30-7-5-4-6-27(22)30)14-11-32(24-8-9-28(33)29(34)18-24)12-15-37(21-32)31(38)23-16-25(39-2)19-26(17-23)40-3/h4-9,16-20,35H,10-15,21H2,1-3H3. The van der Waals surface area contributed by atoms with Crippen LogP contribution in [0.3, 0.4) is 0 Å². The number of aromatic amines is 1. The van der Waals surface area contributed by atoms with Crippen LogP contribution in [0, 0.1) is 0 Å². The second-order valence-corrected chi connectivity index (χ2v) is 11.5. The third-order valence-corrected chi connectivity index (χ3v) is 8.92. The Balaban J connectivity index is 1.33. The van der Waals surface area contributed by atoms with Crippen molar-refractivity contribution in [3.05, 3.63) is 93.6 Å². The van der Waals surface area contributed by atoms with Gasteiger partial charge in [0.15, 0.2) is 0 Å². The van der Waals surface area contributed by atoms with Crippen molar-refractivity contribution in [1.29, 1.82) is 0 Å². The summed E-state index contributed by atoms with van der Waals surface area (Å²) in [5, 5.41) is 2.35. The van der Waals surface area contributed by atoms with Gasteiger partial charge in [0.1, 0.15) is 11.5 Å². The molecule has 1 fully saturated rings. The van der Waals surface area contributed by atoms with Gasteiger partial charge < -0.3 is 24.3 Å². The van der Waals surface area contributed by atoms with Crippen LogP contribution in [0.1, 0.15) is 34.3 Å². The van der Waals surface area contributed by atoms with E-state index < -0.39 is 0 Å². The van der Waals surface area contributed by atoms with Crippen LogP contribution in [-0.4, -0.2) is 68.1 Å². The number of amides is 1. The summed E-state index contributed by atoms with van der Waals surface area (Å²) in [5.74, 6) is 1.15. The molecule has 1 aromatic heterocycles. The monoisotopic (exact) mass is 579 g/mol. The van der Waals surface area contributed by atoms with E-state index in [1.54, 1.807) is 32.4 Å². The molecule has 40 heavy (non-hydrogen) atoms. The molecule has 0 saturated carbocycles. The number of carbonyl (C=O) groups is 1. The van der Waals surface area contributed by atoms with E-state index in [2.05, 4.69) is 53.5 Å². The Bertz CT molecular complexity index is 1480. The first-order chi connectivity index (χ1) is 19.3. The molecule has 1 aliphatic rings. The number of rotatable bonds is 10. The van der Waals surface area contributed by atoms with E-state index >= 15 is 0 Å². The Kier molecular flexibility index (Phi) is 8.60. The average molecular weight is 581 g/mol. The molecule has 3 aromatic carbocycles. The minimum atomic E-state index is -0.234. The number of benzene rings is 3. The third-order valence-electron chi connectivity index (χ3n) is 8.18. The SMILES string of the molecule is COc1cc(OC)cc(C(=O)N2CCC(CCN(C)CCc3c[nH]c4ccccc34)(c3ccc(Cl)c(Cl)c3)C2)c1. The number of hydrogen-bond acceptors (Lipinski definition) is 4. The van der Waals surface area contributed by atoms with Gasteiger partial charge in [0.25, 0.3) is 5.91 Å². The van der Waals surface area contributed by atoms with Crippen LogP contribution in [0.15, 0.2) is 66.9 Å². The van der Waals surface area contributed by atoms with Gasteiger partial charge >= 0.3 is 0 Å². The van der Waals surface area contributed by atoms with Gasteiger partial charge in [-0.15, -0.1) is 0 Å². The van der Waals surface area contributed by atoms with Crippen molar-refractivity contribution in [2.75, 3.05) is 47.4 Å². The van der Waals surface area contributed by atoms with Gasteiger partial charge in [0, 0.05) is 53.8 Å². The molecule has 1 saturated heterocycles. The zero-order valence-corrected chi connectivity index (χ0v) is 24.7. The Morgan fingerprint density at radius 1 is 1.00 bits per heavy atom. The number of nitrogens with one attached hydrogen (secondary N) is 1. The van der Waals surface area contributed by atoms with E-state index in [0.717, 1.165) is 37.9 Å². The Morgan fingerprint density at radius 2 is 1.75 bits per heavy atom. The number of likely N-dealkylation sites (N-methyl/N-ethyl adjacent to an activating group) is 1. The van der Waals surface area contributed by atoms with Crippen LogP contribution in [-0.2, 0) is 11.8 Å². The van der Waals surface area contributed by atoms with Gasteiger partial charge in [-0.25, -0.2) is 0 Å². The number of methoxy groups -OCH3 is 2. The summed E-state index contributed by atoms with van der Waals surface area (Å²) in [6.07, 6.45) is 4.81. The zero-order chi connectivity index (χ0) is 28.3. The minimum absolute atomic E-state index is 0.0353. The fraction of sp³-hybridized carbons (Fsp3) is 0.344. The molecule has 4 aromatic rings. The molecule has 1 N–H and O–H groups in total. The Morgan fingerprint density at radius 3 is 2.48 bits per heavy atom. The number of H-pyrrole nitrogens is 1. The molecule has 5 rings (SSSR count). The predicted octanol–water partition coefficient (Wildman–Crippen LogP) is 6.84. The summed E-state index contributed by atoms with van der Waals surface area (Å²) in [4.78, 5) is 21.3. The van der Waals surface area contributed by atoms with Gasteiger partial charge in [-0.3, -0.25) is 4.79 Å². The number of aromatic nitrogens is 1. The quantitative estimate of drug-likeness (QED) is 0.223. The lowest BCUT2D eigenvalue weighted by Gasteiger charge is -2.32. The number of para-hydroxylation sites is 1. The topological polar surface area (TPSA) is 57.8 Å². The van der Waals surface area contributed by atoms with Gasteiger partial charge in [-0.05, 0) is 74.3 Å². The van der Waals surface area contributed by atoms with Crippen LogP contribution in [0.25, 0.3) is 10.9 Å². The first-order valence-corrected chi connectivity index (χ1v) is 14.3. The highest BCUT2D eigenvalue weighted by molar-refractivity contribution is 6.42. The molecule has 0 radical (unpaired) electrons. The van der Waals surface area contributed by atoms with Crippen LogP contribution < -0.4 is 9.47 Å². The maximum atomic E-state index is 13.7. The molecule has 2 heterocycles. The summed E-state index contributed by atoms with van der Waals surface area (Å²) in [7, 11) is 5.34. The fourth-order valence-electron chi connectivity index (χ4n) is 5.74. The lowest BCUT2D eigenvalue weighted by atomic mass is 9.76. The first kappa shape index (κ1) is 28.3. The van der Waals surface area contributed by atoms with Crippen molar-refractivity contribution in [3.63, 3.8) is 0 Å². The predicted molar refractivity (Wildman–Crippen MR) is 162 cm³/mol. The minimum Gasteiger partial charge on any atom is -0.497 e. The molecular weight excluding hydrogens is 545 g/mol. The van der Waals surface area contributed by atoms with Crippen molar-refractivity contribution in [1.82, 2.24) is 14.8 Å². The number of carbonyl (C=O) groups excluding carboxylic acids is 1. The highest BCUT2D eigenvalue weighted by Crippen LogP contribution is 2.41. The van der Waals surface area contributed by atoms with Crippen LogP contribution in [0.5, 0.6) is 11.5 Å². The van der Waals surface area contributed by atoms with E-state index in [0.29, 0.717) is 40.2 Å². The third kappa shape index (κ3) is 5.95. The van der Waals surface area contributed by atoms with Gasteiger partial charge in [0.05, 0.1) is 24.3 Å². The molecule has 8 heteroatoms.